The average Bonchev–Trinajstić information content (AvgIpc) is 2.81. The van der Waals surface area contributed by atoms with Gasteiger partial charge in [-0.2, -0.15) is 10.2 Å². The van der Waals surface area contributed by atoms with Crippen LogP contribution in [0.25, 0.3) is 11.7 Å². The number of hydrogen-bond donors (Lipinski definition) is 1. The highest BCUT2D eigenvalue weighted by Gasteiger charge is 2.18. The van der Waals surface area contributed by atoms with Crippen molar-refractivity contribution in [2.24, 2.45) is 0 Å². The number of halogens is 2. The summed E-state index contributed by atoms with van der Waals surface area (Å²) in [6.07, 6.45) is 2.67. The Kier molecular flexibility index (Phi) is 6.52. The van der Waals surface area contributed by atoms with Gasteiger partial charge in [0, 0.05) is 16.4 Å². The Bertz CT molecular complexity index is 1540. The molecule has 0 radical (unpaired) electrons. The molecule has 34 heavy (non-hydrogen) atoms. The molecule has 1 N–H and O–H groups in total. The molecule has 2 aromatic heterocycles. The van der Waals surface area contributed by atoms with Gasteiger partial charge in [0.25, 0.3) is 11.5 Å². The van der Waals surface area contributed by atoms with E-state index in [-0.39, 0.29) is 22.8 Å². The highest BCUT2D eigenvalue weighted by molar-refractivity contribution is 9.10. The third kappa shape index (κ3) is 4.87. The number of nitriles is 1. The molecule has 7 nitrogen and oxygen atoms in total. The van der Waals surface area contributed by atoms with Crippen molar-refractivity contribution in [3.05, 3.63) is 104 Å². The van der Waals surface area contributed by atoms with Gasteiger partial charge in [0.1, 0.15) is 34.4 Å². The summed E-state index contributed by atoms with van der Waals surface area (Å²) in [6, 6.07) is 17.3. The quantitative estimate of drug-likeness (QED) is 0.287. The molecule has 1 amide bonds. The number of benzene rings is 2. The van der Waals surface area contributed by atoms with Gasteiger partial charge in [-0.15, -0.1) is 0 Å². The standard InChI is InChI=1S/C25H16BrFN4O3/c1-15-4-3-11-31-22(15)30-24(34-20-9-7-18(27)8-10-20)21(25(31)33)12-16(14-28)23(32)29-19-6-2-5-17(26)13-19/h2-13H,1H3,(H,29,32)/b16-12-. The van der Waals surface area contributed by atoms with Gasteiger partial charge < -0.3 is 10.1 Å². The Balaban J connectivity index is 1.83. The van der Waals surface area contributed by atoms with E-state index in [0.29, 0.717) is 16.9 Å². The number of nitrogens with one attached hydrogen (secondary N) is 1. The molecule has 0 saturated heterocycles. The minimum absolute atomic E-state index is 0.103. The fraction of sp³-hybridized carbons (Fsp3) is 0.0400. The van der Waals surface area contributed by atoms with Gasteiger partial charge in [-0.1, -0.05) is 28.1 Å². The van der Waals surface area contributed by atoms with E-state index in [9.17, 15) is 19.2 Å². The second-order valence-corrected chi connectivity index (χ2v) is 8.13. The van der Waals surface area contributed by atoms with Crippen molar-refractivity contribution in [3.63, 3.8) is 0 Å². The van der Waals surface area contributed by atoms with Gasteiger partial charge in [-0.05, 0) is 67.1 Å². The number of rotatable bonds is 5. The molecule has 4 rings (SSSR count). The van der Waals surface area contributed by atoms with Gasteiger partial charge in [0.05, 0.1) is 0 Å². The van der Waals surface area contributed by atoms with E-state index >= 15 is 0 Å². The van der Waals surface area contributed by atoms with Crippen LogP contribution in [0, 0.1) is 24.1 Å². The van der Waals surface area contributed by atoms with Gasteiger partial charge >= 0.3 is 0 Å². The molecule has 0 aliphatic rings. The molecule has 0 aliphatic carbocycles. The molecule has 2 aromatic carbocycles. The molecule has 0 unspecified atom stereocenters. The minimum Gasteiger partial charge on any atom is -0.438 e. The summed E-state index contributed by atoms with van der Waals surface area (Å²) in [5.41, 5.74) is 0.566. The fourth-order valence-corrected chi connectivity index (χ4v) is 3.56. The zero-order valence-electron chi connectivity index (χ0n) is 17.8. The van der Waals surface area contributed by atoms with Crippen LogP contribution in [0.1, 0.15) is 11.1 Å². The maximum Gasteiger partial charge on any atom is 0.269 e. The minimum atomic E-state index is -0.706. The normalized spacial score (nSPS) is 11.2. The second-order valence-electron chi connectivity index (χ2n) is 7.21. The molecular formula is C25H16BrFN4O3. The monoisotopic (exact) mass is 518 g/mol. The van der Waals surface area contributed by atoms with Crippen LogP contribution >= 0.6 is 15.9 Å². The smallest absolute Gasteiger partial charge is 0.269 e. The lowest BCUT2D eigenvalue weighted by Crippen LogP contribution is -2.20. The number of carbonyl (C=O) groups is 1. The fourth-order valence-electron chi connectivity index (χ4n) is 3.17. The van der Waals surface area contributed by atoms with E-state index in [1.165, 1.54) is 34.9 Å². The third-order valence-electron chi connectivity index (χ3n) is 4.81. The van der Waals surface area contributed by atoms with Crippen molar-refractivity contribution >= 4 is 39.2 Å². The predicted octanol–water partition coefficient (Wildman–Crippen LogP) is 5.24. The number of amides is 1. The molecule has 0 spiro atoms. The van der Waals surface area contributed by atoms with Crippen LogP contribution in [0.5, 0.6) is 11.6 Å². The summed E-state index contributed by atoms with van der Waals surface area (Å²) in [7, 11) is 0. The number of aromatic nitrogens is 2. The van der Waals surface area contributed by atoms with Crippen molar-refractivity contribution in [1.29, 1.82) is 5.26 Å². The van der Waals surface area contributed by atoms with Crippen molar-refractivity contribution in [3.8, 4) is 17.7 Å². The molecule has 0 aliphatic heterocycles. The summed E-state index contributed by atoms with van der Waals surface area (Å²) in [4.78, 5) is 30.5. The summed E-state index contributed by atoms with van der Waals surface area (Å²) in [5.74, 6) is -1.04. The number of aryl methyl sites for hydroxylation is 1. The zero-order valence-corrected chi connectivity index (χ0v) is 19.3. The number of pyridine rings is 1. The van der Waals surface area contributed by atoms with Crippen LogP contribution in [0.15, 0.2) is 81.7 Å². The summed E-state index contributed by atoms with van der Waals surface area (Å²) < 4.78 is 21.2. The largest absolute Gasteiger partial charge is 0.438 e. The first-order valence-corrected chi connectivity index (χ1v) is 10.8. The molecule has 9 heteroatoms. The summed E-state index contributed by atoms with van der Waals surface area (Å²) in [6.45, 7) is 1.78. The highest BCUT2D eigenvalue weighted by Crippen LogP contribution is 2.25. The maximum absolute atomic E-state index is 13.3. The summed E-state index contributed by atoms with van der Waals surface area (Å²) >= 11 is 3.32. The Labute approximate surface area is 201 Å². The number of ether oxygens (including phenoxy) is 1. The molecule has 0 bridgehead atoms. The lowest BCUT2D eigenvalue weighted by Gasteiger charge is -2.11. The van der Waals surface area contributed by atoms with Crippen molar-refractivity contribution < 1.29 is 13.9 Å². The number of hydrogen-bond acceptors (Lipinski definition) is 5. The van der Waals surface area contributed by atoms with E-state index in [1.807, 2.05) is 6.07 Å². The van der Waals surface area contributed by atoms with Crippen molar-refractivity contribution in [2.75, 3.05) is 5.32 Å². The van der Waals surface area contributed by atoms with Crippen LogP contribution < -0.4 is 15.6 Å². The average molecular weight is 519 g/mol. The first-order chi connectivity index (χ1) is 16.4. The van der Waals surface area contributed by atoms with Crippen LogP contribution in [0.2, 0.25) is 0 Å². The first-order valence-electron chi connectivity index (χ1n) is 10.00. The molecule has 0 fully saturated rings. The second kappa shape index (κ2) is 9.68. The predicted molar refractivity (Wildman–Crippen MR) is 129 cm³/mol. The molecule has 0 atom stereocenters. The highest BCUT2D eigenvalue weighted by atomic mass is 79.9. The first kappa shape index (κ1) is 22.9. The SMILES string of the molecule is Cc1cccn2c(=O)c(/C=C(/C#N)C(=O)Nc3cccc(Br)c3)c(Oc3ccc(F)cc3)nc12. The van der Waals surface area contributed by atoms with E-state index in [0.717, 1.165) is 10.5 Å². The lowest BCUT2D eigenvalue weighted by molar-refractivity contribution is -0.112. The maximum atomic E-state index is 13.3. The van der Waals surface area contributed by atoms with E-state index in [4.69, 9.17) is 4.74 Å². The molecule has 0 saturated carbocycles. The van der Waals surface area contributed by atoms with Gasteiger partial charge in [0.2, 0.25) is 5.88 Å². The lowest BCUT2D eigenvalue weighted by atomic mass is 10.1. The van der Waals surface area contributed by atoms with Crippen molar-refractivity contribution in [1.82, 2.24) is 9.38 Å². The van der Waals surface area contributed by atoms with E-state index in [2.05, 4.69) is 26.2 Å². The van der Waals surface area contributed by atoms with Gasteiger partial charge in [-0.3, -0.25) is 14.0 Å². The van der Waals surface area contributed by atoms with Crippen LogP contribution in [-0.2, 0) is 4.79 Å². The van der Waals surface area contributed by atoms with Crippen LogP contribution in [-0.4, -0.2) is 15.3 Å². The Morgan fingerprint density at radius 1 is 1.21 bits per heavy atom. The molecule has 2 heterocycles. The van der Waals surface area contributed by atoms with Gasteiger partial charge in [-0.25, -0.2) is 4.39 Å². The number of nitrogens with zero attached hydrogens (tertiary/aromatic N) is 3. The molecule has 168 valence electrons. The van der Waals surface area contributed by atoms with Crippen LogP contribution in [0.4, 0.5) is 10.1 Å². The summed E-state index contributed by atoms with van der Waals surface area (Å²) in [5, 5.41) is 12.3. The Hall–Kier alpha value is -4.29. The van der Waals surface area contributed by atoms with E-state index in [1.54, 1.807) is 43.3 Å². The van der Waals surface area contributed by atoms with E-state index < -0.39 is 17.3 Å². The Morgan fingerprint density at radius 2 is 1.97 bits per heavy atom. The number of carbonyl (C=O) groups excluding carboxylic acids is 1. The Morgan fingerprint density at radius 3 is 2.68 bits per heavy atom. The molecule has 4 aromatic rings. The van der Waals surface area contributed by atoms with Crippen LogP contribution in [0.3, 0.4) is 0 Å². The van der Waals surface area contributed by atoms with Crippen molar-refractivity contribution in [2.45, 2.75) is 6.92 Å². The zero-order chi connectivity index (χ0) is 24.2. The van der Waals surface area contributed by atoms with Gasteiger partial charge in [0.15, 0.2) is 0 Å². The number of anilines is 1. The number of fused-ring (bicyclic) bond motifs is 1. The molecular weight excluding hydrogens is 503 g/mol. The third-order valence-corrected chi connectivity index (χ3v) is 5.31. The topological polar surface area (TPSA) is 96.5 Å².